The third-order valence-electron chi connectivity index (χ3n) is 4.38. The van der Waals surface area contributed by atoms with Gasteiger partial charge < -0.3 is 19.3 Å². The van der Waals surface area contributed by atoms with Crippen molar-refractivity contribution in [1.29, 1.82) is 0 Å². The molecule has 8 nitrogen and oxygen atoms in total. The molecule has 0 saturated carbocycles. The van der Waals surface area contributed by atoms with Crippen molar-refractivity contribution in [3.8, 4) is 5.75 Å². The maximum Gasteiger partial charge on any atom is 0.412 e. The number of anilines is 1. The van der Waals surface area contributed by atoms with Crippen molar-refractivity contribution in [3.05, 3.63) is 59.7 Å². The molecule has 0 aromatic heterocycles. The lowest BCUT2D eigenvalue weighted by molar-refractivity contribution is -0.140. The molecule has 0 heterocycles. The monoisotopic (exact) mass is 461 g/mol. The molecule has 172 valence electrons. The minimum atomic E-state index is -0.667. The topological polar surface area (TPSA) is 111 Å². The smallest absolute Gasteiger partial charge is 0.412 e. The first-order valence-electron chi connectivity index (χ1n) is 10.1. The second-order valence-electron chi connectivity index (χ2n) is 6.82. The average molecular weight is 462 g/mol. The molecule has 2 rings (SSSR count). The van der Waals surface area contributed by atoms with E-state index in [-0.39, 0.29) is 31.4 Å². The molecule has 0 spiro atoms. The molecule has 0 aliphatic heterocycles. The Hall–Kier alpha value is -3.04. The average Bonchev–Trinajstić information content (AvgIpc) is 2.80. The summed E-state index contributed by atoms with van der Waals surface area (Å²) in [6.45, 7) is 1.66. The number of carbonyl (C=O) groups excluding carboxylic acids is 3. The van der Waals surface area contributed by atoms with Crippen LogP contribution in [0.2, 0.25) is 0 Å². The molecule has 2 aromatic carbocycles. The number of amides is 1. The first-order valence-corrected chi connectivity index (χ1v) is 10.7. The maximum absolute atomic E-state index is 12.5. The van der Waals surface area contributed by atoms with E-state index in [0.29, 0.717) is 35.4 Å². The maximum atomic E-state index is 12.5. The molecule has 2 aromatic rings. The number of hydrogen-bond donors (Lipinski definition) is 3. The van der Waals surface area contributed by atoms with Crippen LogP contribution in [-0.4, -0.2) is 48.5 Å². The molecular formula is C23H27NO7S. The Morgan fingerprint density at radius 1 is 1.09 bits per heavy atom. The van der Waals surface area contributed by atoms with Gasteiger partial charge in [0.15, 0.2) is 5.78 Å². The van der Waals surface area contributed by atoms with Crippen LogP contribution >= 0.6 is 12.6 Å². The summed E-state index contributed by atoms with van der Waals surface area (Å²) in [6.07, 6.45) is -0.426. The highest BCUT2D eigenvalue weighted by atomic mass is 32.1. The largest absolute Gasteiger partial charge is 0.491 e. The van der Waals surface area contributed by atoms with Crippen molar-refractivity contribution >= 4 is 36.2 Å². The predicted molar refractivity (Wildman–Crippen MR) is 122 cm³/mol. The summed E-state index contributed by atoms with van der Waals surface area (Å²) in [6, 6.07) is 13.5. The Bertz CT molecular complexity index is 901. The molecule has 0 aliphatic rings. The van der Waals surface area contributed by atoms with E-state index in [9.17, 15) is 14.4 Å². The molecule has 0 aliphatic carbocycles. The van der Waals surface area contributed by atoms with Gasteiger partial charge in [-0.25, -0.2) is 4.79 Å². The van der Waals surface area contributed by atoms with Crippen molar-refractivity contribution < 1.29 is 33.7 Å². The lowest BCUT2D eigenvalue weighted by atomic mass is 10.0. The van der Waals surface area contributed by atoms with Gasteiger partial charge in [-0.15, -0.1) is 0 Å². The molecule has 0 unspecified atom stereocenters. The number of Topliss-reactive ketones (excluding diaryl/α,β-unsaturated/α-hetero) is 1. The second-order valence-corrected chi connectivity index (χ2v) is 7.13. The third kappa shape index (κ3) is 8.60. The standard InChI is InChI=1S/C23H27NO7S/c1-16(26)17-7-9-19(10-8-17)24-23(28)31-21(6-3-12-30-22(27)15-32)18-4-2-5-20(14-18)29-13-11-25/h2,4-5,7-10,14,21,25,32H,3,6,11-13,15H2,1H3,(H,24,28)/t21-/m1/s1. The summed E-state index contributed by atoms with van der Waals surface area (Å²) in [5.74, 6) is 0.0413. The number of nitrogens with one attached hydrogen (secondary N) is 1. The van der Waals surface area contributed by atoms with Crippen LogP contribution < -0.4 is 10.1 Å². The molecule has 1 atom stereocenters. The molecule has 0 bridgehead atoms. The summed E-state index contributed by atoms with van der Waals surface area (Å²) in [5.41, 5.74) is 1.72. The van der Waals surface area contributed by atoms with Crippen molar-refractivity contribution in [1.82, 2.24) is 0 Å². The van der Waals surface area contributed by atoms with Gasteiger partial charge in [0, 0.05) is 11.3 Å². The normalized spacial score (nSPS) is 11.3. The van der Waals surface area contributed by atoms with Gasteiger partial charge in [-0.05, 0) is 61.7 Å². The first-order chi connectivity index (χ1) is 15.4. The Morgan fingerprint density at radius 3 is 2.50 bits per heavy atom. The van der Waals surface area contributed by atoms with Gasteiger partial charge in [-0.1, -0.05) is 12.1 Å². The van der Waals surface area contributed by atoms with E-state index in [1.54, 1.807) is 48.5 Å². The summed E-state index contributed by atoms with van der Waals surface area (Å²) in [4.78, 5) is 35.2. The molecule has 0 radical (unpaired) electrons. The fourth-order valence-corrected chi connectivity index (χ4v) is 2.92. The van der Waals surface area contributed by atoms with Gasteiger partial charge >= 0.3 is 12.1 Å². The Balaban J connectivity index is 2.06. The number of esters is 1. The molecule has 0 saturated heterocycles. The SMILES string of the molecule is CC(=O)c1ccc(NC(=O)O[C@H](CCCOC(=O)CS)c2cccc(OCCO)c2)cc1. The number of benzene rings is 2. The van der Waals surface area contributed by atoms with Crippen LogP contribution in [-0.2, 0) is 14.3 Å². The highest BCUT2D eigenvalue weighted by Crippen LogP contribution is 2.27. The molecular weight excluding hydrogens is 434 g/mol. The van der Waals surface area contributed by atoms with E-state index >= 15 is 0 Å². The number of aliphatic hydroxyl groups is 1. The van der Waals surface area contributed by atoms with Crippen LogP contribution in [0.15, 0.2) is 48.5 Å². The van der Waals surface area contributed by atoms with E-state index in [4.69, 9.17) is 19.3 Å². The second kappa shape index (κ2) is 13.4. The van der Waals surface area contributed by atoms with E-state index in [1.807, 2.05) is 0 Å². The summed E-state index contributed by atoms with van der Waals surface area (Å²) in [5, 5.41) is 11.6. The zero-order valence-electron chi connectivity index (χ0n) is 17.8. The highest BCUT2D eigenvalue weighted by molar-refractivity contribution is 7.81. The van der Waals surface area contributed by atoms with E-state index in [1.165, 1.54) is 6.92 Å². The van der Waals surface area contributed by atoms with Gasteiger partial charge in [0.05, 0.1) is 19.0 Å². The molecule has 9 heteroatoms. The van der Waals surface area contributed by atoms with Crippen molar-refractivity contribution in [2.45, 2.75) is 25.9 Å². The van der Waals surface area contributed by atoms with Crippen molar-refractivity contribution in [2.24, 2.45) is 0 Å². The number of ketones is 1. The van der Waals surface area contributed by atoms with Gasteiger partial charge in [0.25, 0.3) is 0 Å². The number of aliphatic hydroxyl groups excluding tert-OH is 1. The van der Waals surface area contributed by atoms with Crippen LogP contribution in [0.1, 0.15) is 41.8 Å². The summed E-state index contributed by atoms with van der Waals surface area (Å²) < 4.78 is 16.1. The van der Waals surface area contributed by atoms with Gasteiger partial charge in [0.2, 0.25) is 0 Å². The minimum Gasteiger partial charge on any atom is -0.491 e. The molecule has 1 amide bonds. The van der Waals surface area contributed by atoms with Gasteiger partial charge in [-0.2, -0.15) is 12.6 Å². The molecule has 32 heavy (non-hydrogen) atoms. The van der Waals surface area contributed by atoms with E-state index in [0.717, 1.165) is 0 Å². The Labute approximate surface area is 192 Å². The van der Waals surface area contributed by atoms with Crippen LogP contribution in [0.4, 0.5) is 10.5 Å². The van der Waals surface area contributed by atoms with E-state index in [2.05, 4.69) is 17.9 Å². The molecule has 2 N–H and O–H groups in total. The van der Waals surface area contributed by atoms with Gasteiger partial charge in [-0.3, -0.25) is 14.9 Å². The molecule has 0 fully saturated rings. The predicted octanol–water partition coefficient (Wildman–Crippen LogP) is 3.80. The summed E-state index contributed by atoms with van der Waals surface area (Å²) >= 11 is 3.86. The minimum absolute atomic E-state index is 0.00497. The van der Waals surface area contributed by atoms with Crippen LogP contribution in [0, 0.1) is 0 Å². The van der Waals surface area contributed by atoms with Gasteiger partial charge in [0.1, 0.15) is 18.5 Å². The lowest BCUT2D eigenvalue weighted by Gasteiger charge is -2.19. The fraction of sp³-hybridized carbons (Fsp3) is 0.348. The third-order valence-corrected chi connectivity index (χ3v) is 4.64. The number of rotatable bonds is 12. The quantitative estimate of drug-likeness (QED) is 0.191. The van der Waals surface area contributed by atoms with Crippen molar-refractivity contribution in [3.63, 3.8) is 0 Å². The Morgan fingerprint density at radius 2 is 1.84 bits per heavy atom. The van der Waals surface area contributed by atoms with Crippen molar-refractivity contribution in [2.75, 3.05) is 30.9 Å². The number of hydrogen-bond acceptors (Lipinski definition) is 8. The van der Waals surface area contributed by atoms with E-state index < -0.39 is 18.2 Å². The first kappa shape index (κ1) is 25.2. The Kier molecular flexibility index (Phi) is 10.6. The zero-order chi connectivity index (χ0) is 23.3. The van der Waals surface area contributed by atoms with Crippen LogP contribution in [0.5, 0.6) is 5.75 Å². The number of thiol groups is 1. The van der Waals surface area contributed by atoms with Crippen LogP contribution in [0.25, 0.3) is 0 Å². The number of ether oxygens (including phenoxy) is 3. The highest BCUT2D eigenvalue weighted by Gasteiger charge is 2.18. The number of carbonyl (C=O) groups is 3. The lowest BCUT2D eigenvalue weighted by Crippen LogP contribution is -2.18. The summed E-state index contributed by atoms with van der Waals surface area (Å²) in [7, 11) is 0. The fourth-order valence-electron chi connectivity index (χ4n) is 2.83. The van der Waals surface area contributed by atoms with Crippen LogP contribution in [0.3, 0.4) is 0 Å². The zero-order valence-corrected chi connectivity index (χ0v) is 18.7.